The van der Waals surface area contributed by atoms with E-state index in [1.807, 2.05) is 18.2 Å². The zero-order valence-electron chi connectivity index (χ0n) is 32.8. The topological polar surface area (TPSA) is 115 Å². The van der Waals surface area contributed by atoms with Gasteiger partial charge < -0.3 is 34.4 Å². The highest BCUT2D eigenvalue weighted by molar-refractivity contribution is 7.92. The van der Waals surface area contributed by atoms with Gasteiger partial charge in [-0.15, -0.1) is 0 Å². The molecule has 5 heterocycles. The Bertz CT molecular complexity index is 1790. The van der Waals surface area contributed by atoms with E-state index < -0.39 is 15.1 Å². The number of carbonyl (C=O) groups is 2. The van der Waals surface area contributed by atoms with Crippen molar-refractivity contribution in [2.45, 2.75) is 60.1 Å². The van der Waals surface area contributed by atoms with Gasteiger partial charge in [0.1, 0.15) is 11.1 Å². The number of rotatable bonds is 13. The second-order valence-corrected chi connectivity index (χ2v) is 19.4. The van der Waals surface area contributed by atoms with Crippen molar-refractivity contribution in [2.75, 3.05) is 110 Å². The second-order valence-electron chi connectivity index (χ2n) is 17.2. The lowest BCUT2D eigenvalue weighted by molar-refractivity contribution is -0.136. The summed E-state index contributed by atoms with van der Waals surface area (Å²) < 4.78 is 52.2. The van der Waals surface area contributed by atoms with Crippen molar-refractivity contribution in [1.82, 2.24) is 24.9 Å². The van der Waals surface area contributed by atoms with Crippen molar-refractivity contribution < 1.29 is 31.9 Å². The van der Waals surface area contributed by atoms with E-state index in [1.165, 1.54) is 13.5 Å². The summed E-state index contributed by atoms with van der Waals surface area (Å²) in [7, 11) is -2.10. The number of sulfone groups is 1. The number of ether oxygens (including phenoxy) is 2. The summed E-state index contributed by atoms with van der Waals surface area (Å²) in [6.07, 6.45) is 5.79. The van der Waals surface area contributed by atoms with Crippen LogP contribution in [0.5, 0.6) is 0 Å². The average Bonchev–Trinajstić information content (AvgIpc) is 3.61. The molecule has 1 aliphatic carbocycles. The fraction of sp³-hybridized carbons (Fsp3) is 0.667. The number of anilines is 1. The zero-order valence-corrected chi connectivity index (χ0v) is 33.6. The molecule has 5 aliphatic heterocycles. The maximum absolute atomic E-state index is 15.0. The molecule has 56 heavy (non-hydrogen) atoms. The molecule has 0 spiro atoms. The first-order valence-electron chi connectivity index (χ1n) is 20.8. The minimum Gasteiger partial charge on any atom is -0.453 e. The van der Waals surface area contributed by atoms with E-state index in [0.29, 0.717) is 36.5 Å². The van der Waals surface area contributed by atoms with Crippen LogP contribution < -0.4 is 10.2 Å². The highest BCUT2D eigenvalue weighted by atomic mass is 32.2. The Morgan fingerprint density at radius 3 is 2.27 bits per heavy atom. The SMILES string of the molecule is COC(=O)N[C@H]1CCC[C@@H]1C(CN1CCC1)(c1cccc(F)c1)C1CCN(CC2CN(c3ccc(S(=O)(=O)C4CN(C(=O)CN5CCOCC5)C4)cc3)C2)CC1. The highest BCUT2D eigenvalue weighted by Crippen LogP contribution is 2.51. The third-order valence-corrected chi connectivity index (χ3v) is 16.0. The van der Waals surface area contributed by atoms with Crippen LogP contribution in [0.3, 0.4) is 0 Å². The number of likely N-dealkylation sites (tertiary alicyclic amines) is 3. The van der Waals surface area contributed by atoms with Crippen LogP contribution >= 0.6 is 0 Å². The summed E-state index contributed by atoms with van der Waals surface area (Å²) in [6.45, 7) is 11.4. The maximum Gasteiger partial charge on any atom is 0.407 e. The van der Waals surface area contributed by atoms with Gasteiger partial charge in [-0.2, -0.15) is 0 Å². The molecular formula is C42H59FN6O6S. The Labute approximate surface area is 331 Å². The van der Waals surface area contributed by atoms with Crippen LogP contribution in [0.1, 0.15) is 44.1 Å². The number of benzene rings is 2. The summed E-state index contributed by atoms with van der Waals surface area (Å²) in [5, 5.41) is 2.62. The number of morpholine rings is 1. The number of amides is 2. The number of carbonyl (C=O) groups excluding carboxylic acids is 2. The fourth-order valence-electron chi connectivity index (χ4n) is 10.6. The molecule has 1 saturated carbocycles. The number of hydrogen-bond acceptors (Lipinski definition) is 10. The molecule has 0 aromatic heterocycles. The summed E-state index contributed by atoms with van der Waals surface area (Å²) >= 11 is 0. The summed E-state index contributed by atoms with van der Waals surface area (Å²) in [5.74, 6) is 0.866. The van der Waals surface area contributed by atoms with Gasteiger partial charge in [-0.05, 0) is 112 Å². The number of nitrogens with zero attached hydrogens (tertiary/aromatic N) is 5. The second kappa shape index (κ2) is 16.9. The average molecular weight is 795 g/mol. The fourth-order valence-corrected chi connectivity index (χ4v) is 12.2. The molecule has 0 bridgehead atoms. The standard InChI is InChI=1S/C42H59FN6O6S/c1-54-41(51)44-39-8-3-7-38(39)42(30-47-15-4-16-47,33-5-2-6-34(43)23-33)32-13-17-45(18-14-32)24-31-25-48(26-31)35-9-11-36(12-10-35)56(52,53)37-27-49(28-37)40(50)29-46-19-21-55-22-20-46/h2,5-6,9-12,23,31-32,37-39H,3-4,7-8,13-22,24-30H2,1H3,(H,44,51)/t38-,39-,42?/m0/s1. The van der Waals surface area contributed by atoms with Crippen LogP contribution in [0.25, 0.3) is 0 Å². The van der Waals surface area contributed by atoms with Crippen molar-refractivity contribution in [3.63, 3.8) is 0 Å². The van der Waals surface area contributed by atoms with Gasteiger partial charge in [0.25, 0.3) is 0 Å². The van der Waals surface area contributed by atoms with Gasteiger partial charge in [-0.25, -0.2) is 17.6 Å². The highest BCUT2D eigenvalue weighted by Gasteiger charge is 2.53. The lowest BCUT2D eigenvalue weighted by Gasteiger charge is -2.54. The summed E-state index contributed by atoms with van der Waals surface area (Å²) in [5.41, 5.74) is 1.83. The van der Waals surface area contributed by atoms with Crippen LogP contribution in [0.2, 0.25) is 0 Å². The van der Waals surface area contributed by atoms with E-state index in [9.17, 15) is 18.0 Å². The summed E-state index contributed by atoms with van der Waals surface area (Å²) in [6, 6.07) is 14.6. The minimum absolute atomic E-state index is 0.00912. The van der Waals surface area contributed by atoms with E-state index in [2.05, 4.69) is 31.0 Å². The van der Waals surface area contributed by atoms with Crippen LogP contribution in [0.4, 0.5) is 14.9 Å². The number of alkyl carbamates (subject to hydrolysis) is 1. The molecule has 1 unspecified atom stereocenters. The number of methoxy groups -OCH3 is 1. The van der Waals surface area contributed by atoms with E-state index in [1.54, 1.807) is 29.2 Å². The molecule has 3 atom stereocenters. The molecule has 2 aromatic carbocycles. The van der Waals surface area contributed by atoms with Crippen molar-refractivity contribution >= 4 is 27.5 Å². The summed E-state index contributed by atoms with van der Waals surface area (Å²) in [4.78, 5) is 36.7. The molecule has 2 amide bonds. The van der Waals surface area contributed by atoms with Crippen molar-refractivity contribution in [2.24, 2.45) is 17.8 Å². The third kappa shape index (κ3) is 8.18. The lowest BCUT2D eigenvalue weighted by atomic mass is 9.57. The number of piperidine rings is 1. The van der Waals surface area contributed by atoms with Gasteiger partial charge in [0.15, 0.2) is 9.84 Å². The van der Waals surface area contributed by atoms with E-state index in [0.717, 1.165) is 109 Å². The van der Waals surface area contributed by atoms with Gasteiger partial charge in [-0.3, -0.25) is 9.69 Å². The Kier molecular flexibility index (Phi) is 11.9. The Balaban J connectivity index is 0.855. The van der Waals surface area contributed by atoms with Gasteiger partial charge >= 0.3 is 6.09 Å². The molecule has 6 aliphatic rings. The van der Waals surface area contributed by atoms with E-state index in [4.69, 9.17) is 9.47 Å². The molecule has 14 heteroatoms. The van der Waals surface area contributed by atoms with Crippen molar-refractivity contribution in [3.8, 4) is 0 Å². The first-order valence-corrected chi connectivity index (χ1v) is 22.4. The quantitative estimate of drug-likeness (QED) is 0.324. The molecule has 2 aromatic rings. The number of nitrogens with one attached hydrogen (secondary N) is 1. The molecule has 6 fully saturated rings. The Morgan fingerprint density at radius 1 is 0.875 bits per heavy atom. The molecular weight excluding hydrogens is 736 g/mol. The van der Waals surface area contributed by atoms with Crippen molar-refractivity contribution in [1.29, 1.82) is 0 Å². The first-order chi connectivity index (χ1) is 27.1. The zero-order chi connectivity index (χ0) is 38.9. The van der Waals surface area contributed by atoms with Crippen LogP contribution in [0, 0.1) is 23.6 Å². The smallest absolute Gasteiger partial charge is 0.407 e. The number of hydrogen-bond donors (Lipinski definition) is 1. The van der Waals surface area contributed by atoms with Crippen LogP contribution in [-0.4, -0.2) is 157 Å². The van der Waals surface area contributed by atoms with Gasteiger partial charge in [0.2, 0.25) is 5.91 Å². The maximum atomic E-state index is 15.0. The Hall–Kier alpha value is -3.30. The molecule has 1 N–H and O–H groups in total. The van der Waals surface area contributed by atoms with Crippen LogP contribution in [0.15, 0.2) is 53.4 Å². The van der Waals surface area contributed by atoms with E-state index >= 15 is 4.39 Å². The van der Waals surface area contributed by atoms with Crippen LogP contribution in [-0.2, 0) is 29.5 Å². The van der Waals surface area contributed by atoms with Gasteiger partial charge in [0, 0.05) is 75.4 Å². The van der Waals surface area contributed by atoms with Gasteiger partial charge in [-0.1, -0.05) is 18.6 Å². The monoisotopic (exact) mass is 794 g/mol. The molecule has 306 valence electrons. The number of halogens is 1. The van der Waals surface area contributed by atoms with Gasteiger partial charge in [0.05, 0.1) is 31.8 Å². The van der Waals surface area contributed by atoms with Crippen molar-refractivity contribution in [3.05, 3.63) is 59.9 Å². The molecule has 8 rings (SSSR count). The largest absolute Gasteiger partial charge is 0.453 e. The molecule has 0 radical (unpaired) electrons. The minimum atomic E-state index is -3.52. The molecule has 5 saturated heterocycles. The third-order valence-electron chi connectivity index (χ3n) is 13.9. The first kappa shape index (κ1) is 39.5. The van der Waals surface area contributed by atoms with E-state index in [-0.39, 0.29) is 48.3 Å². The Morgan fingerprint density at radius 2 is 1.61 bits per heavy atom. The normalized spacial score (nSPS) is 25.9. The predicted molar refractivity (Wildman–Crippen MR) is 212 cm³/mol. The molecule has 12 nitrogen and oxygen atoms in total. The lowest BCUT2D eigenvalue weighted by Crippen LogP contribution is -2.60. The predicted octanol–water partition coefficient (Wildman–Crippen LogP) is 3.46.